The summed E-state index contributed by atoms with van der Waals surface area (Å²) in [6.45, 7) is 2.78. The molecule has 5 heteroatoms. The lowest BCUT2D eigenvalue weighted by atomic mass is 10.3. The molecule has 5 nitrogen and oxygen atoms in total. The summed E-state index contributed by atoms with van der Waals surface area (Å²) in [6.07, 6.45) is 0.318. The summed E-state index contributed by atoms with van der Waals surface area (Å²) in [5.74, 6) is 0.641. The lowest BCUT2D eigenvalue weighted by Crippen LogP contribution is -2.38. The van der Waals surface area contributed by atoms with E-state index in [-0.39, 0.29) is 11.9 Å². The highest BCUT2D eigenvalue weighted by atomic mass is 16.5. The third-order valence-corrected chi connectivity index (χ3v) is 2.95. The Bertz CT molecular complexity index is 409. The number of nitrogen functional groups attached to an aromatic ring is 1. The van der Waals surface area contributed by atoms with Crippen LogP contribution in [0, 0.1) is 0 Å². The molecule has 0 saturated heterocycles. The van der Waals surface area contributed by atoms with Crippen molar-refractivity contribution in [3.8, 4) is 5.75 Å². The van der Waals surface area contributed by atoms with Gasteiger partial charge in [0.2, 0.25) is 5.91 Å². The molecule has 0 radical (unpaired) electrons. The maximum absolute atomic E-state index is 11.9. The number of carbonyl (C=O) groups excluding carboxylic acids is 1. The van der Waals surface area contributed by atoms with E-state index in [2.05, 4.69) is 0 Å². The van der Waals surface area contributed by atoms with E-state index in [0.29, 0.717) is 31.1 Å². The van der Waals surface area contributed by atoms with Crippen LogP contribution in [0.1, 0.15) is 13.3 Å². The summed E-state index contributed by atoms with van der Waals surface area (Å²) in [4.78, 5) is 13.6. The van der Waals surface area contributed by atoms with Crippen LogP contribution in [-0.2, 0) is 9.53 Å². The normalized spacial score (nSPS) is 11.9. The number of para-hydroxylation sites is 2. The van der Waals surface area contributed by atoms with Gasteiger partial charge in [-0.25, -0.2) is 0 Å². The molecule has 1 rings (SSSR count). The number of methoxy groups -OCH3 is 1. The Hall–Kier alpha value is -1.75. The Labute approximate surface area is 114 Å². The van der Waals surface area contributed by atoms with Crippen molar-refractivity contribution in [3.05, 3.63) is 24.3 Å². The van der Waals surface area contributed by atoms with Crippen LogP contribution in [0.4, 0.5) is 5.69 Å². The molecule has 1 unspecified atom stereocenters. The van der Waals surface area contributed by atoms with Crippen molar-refractivity contribution in [2.75, 3.05) is 33.1 Å². The number of likely N-dealkylation sites (N-methyl/N-ethyl adjacent to an activating group) is 1. The Morgan fingerprint density at radius 1 is 1.42 bits per heavy atom. The van der Waals surface area contributed by atoms with Crippen LogP contribution in [0.3, 0.4) is 0 Å². The van der Waals surface area contributed by atoms with Gasteiger partial charge in [0.25, 0.3) is 0 Å². The van der Waals surface area contributed by atoms with Gasteiger partial charge in [-0.2, -0.15) is 0 Å². The van der Waals surface area contributed by atoms with E-state index in [4.69, 9.17) is 15.2 Å². The highest BCUT2D eigenvalue weighted by Crippen LogP contribution is 2.19. The van der Waals surface area contributed by atoms with Crippen molar-refractivity contribution >= 4 is 11.6 Å². The first kappa shape index (κ1) is 15.3. The topological polar surface area (TPSA) is 64.8 Å². The van der Waals surface area contributed by atoms with Crippen LogP contribution in [0.25, 0.3) is 0 Å². The number of nitrogens with zero attached hydrogens (tertiary/aromatic N) is 1. The fraction of sp³-hybridized carbons (Fsp3) is 0.500. The number of rotatable bonds is 7. The number of hydrogen-bond donors (Lipinski definition) is 1. The predicted molar refractivity (Wildman–Crippen MR) is 75.1 cm³/mol. The summed E-state index contributed by atoms with van der Waals surface area (Å²) in [5.41, 5.74) is 6.33. The molecule has 0 bridgehead atoms. The van der Waals surface area contributed by atoms with E-state index in [1.807, 2.05) is 19.1 Å². The van der Waals surface area contributed by atoms with E-state index < -0.39 is 0 Å². The minimum absolute atomic E-state index is 0.0269. The molecule has 0 aliphatic rings. The maximum Gasteiger partial charge on any atom is 0.226 e. The second kappa shape index (κ2) is 7.63. The smallest absolute Gasteiger partial charge is 0.226 e. The molecule has 1 atom stereocenters. The first-order chi connectivity index (χ1) is 9.06. The zero-order valence-electron chi connectivity index (χ0n) is 11.8. The van der Waals surface area contributed by atoms with Gasteiger partial charge in [0, 0.05) is 14.2 Å². The van der Waals surface area contributed by atoms with E-state index in [1.165, 1.54) is 0 Å². The number of hydrogen-bond acceptors (Lipinski definition) is 4. The highest BCUT2D eigenvalue weighted by Gasteiger charge is 2.15. The molecule has 106 valence electrons. The Morgan fingerprint density at radius 2 is 2.11 bits per heavy atom. The standard InChI is InChI=1S/C14H22N2O3/c1-11(10-18-3)16(2)14(17)8-9-19-13-7-5-4-6-12(13)15/h4-7,11H,8-10,15H2,1-3H3. The Balaban J connectivity index is 2.37. The van der Waals surface area contributed by atoms with Crippen LogP contribution in [-0.4, -0.2) is 44.2 Å². The van der Waals surface area contributed by atoms with Crippen LogP contribution >= 0.6 is 0 Å². The largest absolute Gasteiger partial charge is 0.491 e. The van der Waals surface area contributed by atoms with Gasteiger partial charge in [-0.05, 0) is 19.1 Å². The summed E-state index contributed by atoms with van der Waals surface area (Å²) >= 11 is 0. The monoisotopic (exact) mass is 266 g/mol. The number of nitrogens with two attached hydrogens (primary N) is 1. The van der Waals surface area contributed by atoms with Gasteiger partial charge in [-0.15, -0.1) is 0 Å². The summed E-state index contributed by atoms with van der Waals surface area (Å²) < 4.78 is 10.5. The number of ether oxygens (including phenoxy) is 2. The van der Waals surface area contributed by atoms with Gasteiger partial charge < -0.3 is 20.1 Å². The minimum Gasteiger partial charge on any atom is -0.491 e. The van der Waals surface area contributed by atoms with Gasteiger partial charge in [-0.1, -0.05) is 12.1 Å². The van der Waals surface area contributed by atoms with E-state index in [0.717, 1.165) is 0 Å². The van der Waals surface area contributed by atoms with Crippen molar-refractivity contribution in [2.45, 2.75) is 19.4 Å². The average molecular weight is 266 g/mol. The molecule has 1 amide bonds. The summed E-state index contributed by atoms with van der Waals surface area (Å²) in [7, 11) is 3.39. The zero-order chi connectivity index (χ0) is 14.3. The molecule has 1 aromatic carbocycles. The third kappa shape index (κ3) is 4.79. The van der Waals surface area contributed by atoms with Crippen molar-refractivity contribution in [2.24, 2.45) is 0 Å². The van der Waals surface area contributed by atoms with Crippen LogP contribution in [0.5, 0.6) is 5.75 Å². The number of benzene rings is 1. The molecule has 0 aliphatic carbocycles. The first-order valence-corrected chi connectivity index (χ1v) is 6.28. The molecule has 2 N–H and O–H groups in total. The number of anilines is 1. The van der Waals surface area contributed by atoms with Crippen LogP contribution in [0.2, 0.25) is 0 Å². The second-order valence-electron chi connectivity index (χ2n) is 4.45. The number of carbonyl (C=O) groups is 1. The van der Waals surface area contributed by atoms with Crippen molar-refractivity contribution in [3.63, 3.8) is 0 Å². The highest BCUT2D eigenvalue weighted by molar-refractivity contribution is 5.76. The first-order valence-electron chi connectivity index (χ1n) is 6.28. The molecule has 0 heterocycles. The van der Waals surface area contributed by atoms with Crippen LogP contribution < -0.4 is 10.5 Å². The molecule has 0 fully saturated rings. The molecule has 0 aromatic heterocycles. The van der Waals surface area contributed by atoms with Gasteiger partial charge in [0.1, 0.15) is 5.75 Å². The fourth-order valence-electron chi connectivity index (χ4n) is 1.64. The number of amides is 1. The predicted octanol–water partition coefficient (Wildman–Crippen LogP) is 1.53. The molecule has 19 heavy (non-hydrogen) atoms. The van der Waals surface area contributed by atoms with Gasteiger partial charge in [-0.3, -0.25) is 4.79 Å². The maximum atomic E-state index is 11.9. The molecule has 0 aliphatic heterocycles. The van der Waals surface area contributed by atoms with E-state index in [1.54, 1.807) is 31.2 Å². The fourth-order valence-corrected chi connectivity index (χ4v) is 1.64. The van der Waals surface area contributed by atoms with Gasteiger partial charge in [0.15, 0.2) is 0 Å². The van der Waals surface area contributed by atoms with E-state index in [9.17, 15) is 4.79 Å². The Kier molecular flexibility index (Phi) is 6.15. The van der Waals surface area contributed by atoms with Crippen molar-refractivity contribution < 1.29 is 14.3 Å². The molecular weight excluding hydrogens is 244 g/mol. The molecular formula is C14H22N2O3. The van der Waals surface area contributed by atoms with Crippen molar-refractivity contribution in [1.29, 1.82) is 0 Å². The molecule has 0 spiro atoms. The lowest BCUT2D eigenvalue weighted by Gasteiger charge is -2.24. The zero-order valence-corrected chi connectivity index (χ0v) is 11.8. The van der Waals surface area contributed by atoms with Crippen molar-refractivity contribution in [1.82, 2.24) is 4.90 Å². The van der Waals surface area contributed by atoms with E-state index >= 15 is 0 Å². The lowest BCUT2D eigenvalue weighted by molar-refractivity contribution is -0.133. The SMILES string of the molecule is COCC(C)N(C)C(=O)CCOc1ccccc1N. The average Bonchev–Trinajstić information content (AvgIpc) is 2.40. The summed E-state index contributed by atoms with van der Waals surface area (Å²) in [6, 6.07) is 7.30. The van der Waals surface area contributed by atoms with Crippen LogP contribution in [0.15, 0.2) is 24.3 Å². The quantitative estimate of drug-likeness (QED) is 0.760. The second-order valence-corrected chi connectivity index (χ2v) is 4.45. The minimum atomic E-state index is 0.0269. The molecule has 0 saturated carbocycles. The third-order valence-electron chi connectivity index (χ3n) is 2.95. The summed E-state index contributed by atoms with van der Waals surface area (Å²) in [5, 5.41) is 0. The molecule has 1 aromatic rings. The van der Waals surface area contributed by atoms with Gasteiger partial charge in [0.05, 0.1) is 31.4 Å². The van der Waals surface area contributed by atoms with Gasteiger partial charge >= 0.3 is 0 Å². The Morgan fingerprint density at radius 3 is 2.74 bits per heavy atom.